The molecule has 8 unspecified atom stereocenters. The molecular weight excluding hydrogens is 356 g/mol. The number of Topliss-reactive ketones (excluding diaryl/α,β-unsaturated/α-hetero) is 1. The third-order valence-electron chi connectivity index (χ3n) is 9.63. The fourth-order valence-electron chi connectivity index (χ4n) is 7.99. The molecule has 28 heavy (non-hydrogen) atoms. The molecule has 4 rings (SSSR count). The van der Waals surface area contributed by atoms with Gasteiger partial charge in [0.2, 0.25) is 0 Å². The van der Waals surface area contributed by atoms with Crippen LogP contribution in [0.3, 0.4) is 0 Å². The van der Waals surface area contributed by atoms with E-state index >= 15 is 0 Å². The van der Waals surface area contributed by atoms with Crippen molar-refractivity contribution in [1.82, 2.24) is 0 Å². The molecule has 0 aromatic heterocycles. The van der Waals surface area contributed by atoms with E-state index in [1.807, 2.05) is 0 Å². The molecular formula is C23H36O5. The molecule has 4 fully saturated rings. The molecule has 4 saturated carbocycles. The summed E-state index contributed by atoms with van der Waals surface area (Å²) in [7, 11) is 0. The maximum absolute atomic E-state index is 12.8. The minimum Gasteiger partial charge on any atom is -0.458 e. The Labute approximate surface area is 168 Å². The molecule has 2 N–H and O–H groups in total. The summed E-state index contributed by atoms with van der Waals surface area (Å²) in [6, 6.07) is 0. The number of fused-ring (bicyclic) bond motifs is 5. The van der Waals surface area contributed by atoms with E-state index in [-0.39, 0.29) is 35.7 Å². The van der Waals surface area contributed by atoms with E-state index in [2.05, 4.69) is 13.8 Å². The predicted molar refractivity (Wildman–Crippen MR) is 104 cm³/mol. The third-order valence-corrected chi connectivity index (χ3v) is 9.63. The van der Waals surface area contributed by atoms with E-state index in [0.717, 1.165) is 44.9 Å². The van der Waals surface area contributed by atoms with Crippen molar-refractivity contribution in [3.05, 3.63) is 0 Å². The lowest BCUT2D eigenvalue weighted by Crippen LogP contribution is -2.62. The summed E-state index contributed by atoms with van der Waals surface area (Å²) in [5.41, 5.74) is -1.04. The van der Waals surface area contributed by atoms with Gasteiger partial charge in [-0.2, -0.15) is 0 Å². The first-order valence-corrected chi connectivity index (χ1v) is 11.2. The van der Waals surface area contributed by atoms with Crippen LogP contribution >= 0.6 is 0 Å². The average Bonchev–Trinajstić information content (AvgIpc) is 2.92. The first-order valence-electron chi connectivity index (χ1n) is 11.2. The molecule has 0 radical (unpaired) electrons. The maximum atomic E-state index is 12.8. The molecule has 0 aliphatic heterocycles. The highest BCUT2D eigenvalue weighted by Gasteiger charge is 2.68. The topological polar surface area (TPSA) is 83.8 Å². The minimum atomic E-state index is -0.809. The van der Waals surface area contributed by atoms with Crippen molar-refractivity contribution in [1.29, 1.82) is 0 Å². The molecule has 0 aromatic carbocycles. The first kappa shape index (κ1) is 20.3. The van der Waals surface area contributed by atoms with E-state index in [1.54, 1.807) is 0 Å². The molecule has 0 amide bonds. The van der Waals surface area contributed by atoms with Gasteiger partial charge in [-0.05, 0) is 81.0 Å². The van der Waals surface area contributed by atoms with Gasteiger partial charge in [0.1, 0.15) is 6.61 Å². The Balaban J connectivity index is 1.58. The number of carbonyl (C=O) groups is 2. The normalized spacial score (nSPS) is 50.2. The predicted octanol–water partition coefficient (Wildman–Crippen LogP) is 3.25. The van der Waals surface area contributed by atoms with Gasteiger partial charge in [-0.3, -0.25) is 9.59 Å². The van der Waals surface area contributed by atoms with E-state index in [9.17, 15) is 19.8 Å². The quantitative estimate of drug-likeness (QED) is 0.720. The number of hydrogen-bond acceptors (Lipinski definition) is 5. The van der Waals surface area contributed by atoms with Crippen molar-refractivity contribution in [2.24, 2.45) is 34.5 Å². The summed E-state index contributed by atoms with van der Waals surface area (Å²) in [6.07, 6.45) is 7.97. The Morgan fingerprint density at radius 2 is 1.75 bits per heavy atom. The van der Waals surface area contributed by atoms with Crippen LogP contribution in [0.15, 0.2) is 0 Å². The van der Waals surface area contributed by atoms with E-state index in [1.165, 1.54) is 6.92 Å². The zero-order valence-corrected chi connectivity index (χ0v) is 17.6. The second-order valence-electron chi connectivity index (χ2n) is 10.6. The van der Waals surface area contributed by atoms with Crippen LogP contribution in [-0.4, -0.2) is 40.3 Å². The molecule has 0 saturated heterocycles. The van der Waals surface area contributed by atoms with Gasteiger partial charge >= 0.3 is 5.97 Å². The zero-order valence-electron chi connectivity index (χ0n) is 17.6. The van der Waals surface area contributed by atoms with Gasteiger partial charge in [-0.25, -0.2) is 0 Å². The molecule has 4 aliphatic rings. The second kappa shape index (κ2) is 6.80. The summed E-state index contributed by atoms with van der Waals surface area (Å²) < 4.78 is 4.98. The highest BCUT2D eigenvalue weighted by Crippen LogP contribution is 2.69. The van der Waals surface area contributed by atoms with Gasteiger partial charge in [0.15, 0.2) is 5.78 Å². The van der Waals surface area contributed by atoms with Gasteiger partial charge < -0.3 is 14.9 Å². The Morgan fingerprint density at radius 1 is 1.00 bits per heavy atom. The maximum Gasteiger partial charge on any atom is 0.303 e. The summed E-state index contributed by atoms with van der Waals surface area (Å²) >= 11 is 0. The Hall–Kier alpha value is -0.940. The molecule has 5 nitrogen and oxygen atoms in total. The summed E-state index contributed by atoms with van der Waals surface area (Å²) in [4.78, 5) is 24.0. The lowest BCUT2D eigenvalue weighted by Gasteiger charge is -2.63. The van der Waals surface area contributed by atoms with Crippen LogP contribution in [0.25, 0.3) is 0 Å². The number of carbonyl (C=O) groups excluding carboxylic acids is 2. The highest BCUT2D eigenvalue weighted by molar-refractivity contribution is 5.85. The standard InChI is InChI=1S/C23H36O5/c1-14(24)28-13-20(26)19-8-11-23(27)18-5-4-15-12-16(25)6-9-21(15,2)17(18)7-10-22(19,23)3/h15-19,25,27H,4-13H2,1-3H3. The lowest BCUT2D eigenvalue weighted by molar-refractivity contribution is -0.210. The Kier molecular flexibility index (Phi) is 4.94. The molecule has 0 spiro atoms. The molecule has 0 aromatic rings. The van der Waals surface area contributed by atoms with E-state index in [0.29, 0.717) is 24.7 Å². The number of esters is 1. The van der Waals surface area contributed by atoms with Gasteiger partial charge in [-0.15, -0.1) is 0 Å². The SMILES string of the molecule is CC(=O)OCC(=O)C1CCC2(O)C3CCC4CC(O)CCC4(C)C3CCC12C. The van der Waals surface area contributed by atoms with Crippen LogP contribution in [0.2, 0.25) is 0 Å². The highest BCUT2D eigenvalue weighted by atomic mass is 16.5. The van der Waals surface area contributed by atoms with Crippen molar-refractivity contribution in [3.63, 3.8) is 0 Å². The van der Waals surface area contributed by atoms with Crippen LogP contribution in [0, 0.1) is 34.5 Å². The molecule has 4 aliphatic carbocycles. The Morgan fingerprint density at radius 3 is 2.46 bits per heavy atom. The first-order chi connectivity index (χ1) is 13.1. The molecule has 0 bridgehead atoms. The van der Waals surface area contributed by atoms with E-state index in [4.69, 9.17) is 4.74 Å². The van der Waals surface area contributed by atoms with Gasteiger partial charge in [0.05, 0.1) is 11.7 Å². The number of ether oxygens (including phenoxy) is 1. The molecule has 5 heteroatoms. The number of rotatable bonds is 3. The fraction of sp³-hybridized carbons (Fsp3) is 0.913. The van der Waals surface area contributed by atoms with Crippen LogP contribution < -0.4 is 0 Å². The van der Waals surface area contributed by atoms with Crippen molar-refractivity contribution >= 4 is 11.8 Å². The van der Waals surface area contributed by atoms with Crippen LogP contribution in [0.4, 0.5) is 0 Å². The molecule has 0 heterocycles. The summed E-state index contributed by atoms with van der Waals surface area (Å²) in [5, 5.41) is 22.2. The molecule has 158 valence electrons. The zero-order chi connectivity index (χ0) is 20.3. The second-order valence-corrected chi connectivity index (χ2v) is 10.6. The van der Waals surface area contributed by atoms with Gasteiger partial charge in [0, 0.05) is 18.3 Å². The van der Waals surface area contributed by atoms with Crippen LogP contribution in [-0.2, 0) is 14.3 Å². The van der Waals surface area contributed by atoms with Crippen LogP contribution in [0.1, 0.15) is 78.6 Å². The van der Waals surface area contributed by atoms with Crippen molar-refractivity contribution in [2.75, 3.05) is 6.61 Å². The number of aliphatic hydroxyl groups excluding tert-OH is 1. The summed E-state index contributed by atoms with van der Waals surface area (Å²) in [5.74, 6) is 0.562. The molecule has 8 atom stereocenters. The lowest BCUT2D eigenvalue weighted by atomic mass is 9.43. The van der Waals surface area contributed by atoms with Crippen LogP contribution in [0.5, 0.6) is 0 Å². The van der Waals surface area contributed by atoms with Gasteiger partial charge in [-0.1, -0.05) is 13.8 Å². The van der Waals surface area contributed by atoms with Crippen molar-refractivity contribution in [3.8, 4) is 0 Å². The third kappa shape index (κ3) is 2.79. The summed E-state index contributed by atoms with van der Waals surface area (Å²) in [6.45, 7) is 5.65. The minimum absolute atomic E-state index is 0.0345. The average molecular weight is 393 g/mol. The number of hydrogen-bond donors (Lipinski definition) is 2. The monoisotopic (exact) mass is 392 g/mol. The Bertz CT molecular complexity index is 661. The smallest absolute Gasteiger partial charge is 0.303 e. The van der Waals surface area contributed by atoms with E-state index < -0.39 is 17.0 Å². The van der Waals surface area contributed by atoms with Crippen molar-refractivity contribution < 1.29 is 24.5 Å². The largest absolute Gasteiger partial charge is 0.458 e. The van der Waals surface area contributed by atoms with Crippen molar-refractivity contribution in [2.45, 2.75) is 90.3 Å². The fourth-order valence-corrected chi connectivity index (χ4v) is 7.99. The number of aliphatic hydroxyl groups is 2. The van der Waals surface area contributed by atoms with Gasteiger partial charge in [0.25, 0.3) is 0 Å². The number of ketones is 1.